The van der Waals surface area contributed by atoms with E-state index in [-0.39, 0.29) is 12.1 Å². The molecule has 5 nitrogen and oxygen atoms in total. The third-order valence-corrected chi connectivity index (χ3v) is 3.99. The van der Waals surface area contributed by atoms with Crippen molar-refractivity contribution in [3.8, 4) is 22.9 Å². The normalized spacial score (nSPS) is 11.5. The van der Waals surface area contributed by atoms with E-state index in [2.05, 4.69) is 21.4 Å². The zero-order valence-corrected chi connectivity index (χ0v) is 12.7. The monoisotopic (exact) mass is 300 g/mol. The van der Waals surface area contributed by atoms with Gasteiger partial charge in [-0.1, -0.05) is 47.6 Å². The number of rotatable bonds is 4. The fourth-order valence-corrected chi connectivity index (χ4v) is 2.37. The van der Waals surface area contributed by atoms with Crippen LogP contribution in [0.4, 0.5) is 4.79 Å². The molecule has 6 heteroatoms. The van der Waals surface area contributed by atoms with Crippen molar-refractivity contribution in [2.24, 2.45) is 0 Å². The summed E-state index contributed by atoms with van der Waals surface area (Å²) in [4.78, 5) is 13.3. The smallest absolute Gasteiger partial charge is 0.318 e. The lowest BCUT2D eigenvalue weighted by molar-refractivity contribution is 0.203. The molecule has 0 saturated carbocycles. The van der Waals surface area contributed by atoms with Crippen LogP contribution in [0.2, 0.25) is 0 Å². The average molecular weight is 300 g/mol. The van der Waals surface area contributed by atoms with E-state index in [1.165, 1.54) is 16.2 Å². The van der Waals surface area contributed by atoms with Gasteiger partial charge in [0.2, 0.25) is 0 Å². The molecule has 108 valence electrons. The number of benzene rings is 1. The minimum absolute atomic E-state index is 0.225. The first-order chi connectivity index (χ1) is 10.1. The van der Waals surface area contributed by atoms with Gasteiger partial charge in [-0.05, 0) is 6.92 Å². The predicted molar refractivity (Wildman–Crippen MR) is 83.6 cm³/mol. The molecule has 1 atom stereocenters. The molecule has 0 spiro atoms. The van der Waals surface area contributed by atoms with E-state index < -0.39 is 0 Å². The Kier molecular flexibility index (Phi) is 4.90. The van der Waals surface area contributed by atoms with Crippen LogP contribution in [0.3, 0.4) is 0 Å². The molecule has 2 amide bonds. The summed E-state index contributed by atoms with van der Waals surface area (Å²) in [6.45, 7) is 2.13. The van der Waals surface area contributed by atoms with Crippen molar-refractivity contribution >= 4 is 17.4 Å². The van der Waals surface area contributed by atoms with Gasteiger partial charge >= 0.3 is 6.03 Å². The number of terminal acetylenes is 1. The minimum Gasteiger partial charge on any atom is -0.331 e. The number of hydrogen-bond acceptors (Lipinski definition) is 4. The van der Waals surface area contributed by atoms with Gasteiger partial charge in [-0.15, -0.1) is 16.6 Å². The number of amides is 2. The summed E-state index contributed by atoms with van der Waals surface area (Å²) >= 11 is 1.46. The molecular weight excluding hydrogens is 284 g/mol. The SMILES string of the molecule is C#CC(C)N(C)C(=O)NCc1nnc(-c2ccccc2)s1. The van der Waals surface area contributed by atoms with Gasteiger partial charge in [-0.3, -0.25) is 0 Å². The summed E-state index contributed by atoms with van der Waals surface area (Å²) < 4.78 is 0. The number of carbonyl (C=O) groups is 1. The highest BCUT2D eigenvalue weighted by atomic mass is 32.1. The van der Waals surface area contributed by atoms with Crippen molar-refractivity contribution in [1.29, 1.82) is 0 Å². The molecule has 1 heterocycles. The number of urea groups is 1. The highest BCUT2D eigenvalue weighted by Crippen LogP contribution is 2.22. The molecular formula is C15H16N4OS. The second-order valence-corrected chi connectivity index (χ2v) is 5.54. The Morgan fingerprint density at radius 2 is 2.14 bits per heavy atom. The molecule has 1 aromatic carbocycles. The Morgan fingerprint density at radius 1 is 1.43 bits per heavy atom. The Balaban J connectivity index is 1.95. The molecule has 0 aliphatic heterocycles. The van der Waals surface area contributed by atoms with Crippen molar-refractivity contribution in [3.05, 3.63) is 35.3 Å². The summed E-state index contributed by atoms with van der Waals surface area (Å²) in [6.07, 6.45) is 5.29. The van der Waals surface area contributed by atoms with Gasteiger partial charge in [0.15, 0.2) is 0 Å². The van der Waals surface area contributed by atoms with Gasteiger partial charge in [0.25, 0.3) is 0 Å². The van der Waals surface area contributed by atoms with Gasteiger partial charge < -0.3 is 10.2 Å². The molecule has 1 N–H and O–H groups in total. The first-order valence-corrected chi connectivity index (χ1v) is 7.28. The standard InChI is InChI=1S/C15H16N4OS/c1-4-11(2)19(3)15(20)16-10-13-17-18-14(21-13)12-8-6-5-7-9-12/h1,5-9,11H,10H2,2-3H3,(H,16,20). The number of nitrogens with zero attached hydrogens (tertiary/aromatic N) is 3. The highest BCUT2D eigenvalue weighted by Gasteiger charge is 2.14. The summed E-state index contributed by atoms with van der Waals surface area (Å²) in [7, 11) is 1.66. The Labute approximate surface area is 128 Å². The van der Waals surface area contributed by atoms with Crippen LogP contribution in [0, 0.1) is 12.3 Å². The lowest BCUT2D eigenvalue weighted by atomic mass is 10.2. The average Bonchev–Trinajstić information content (AvgIpc) is 3.01. The Hall–Kier alpha value is -2.39. The van der Waals surface area contributed by atoms with Crippen LogP contribution in [0.15, 0.2) is 30.3 Å². The predicted octanol–water partition coefficient (Wildman–Crippen LogP) is 2.37. The molecule has 0 radical (unpaired) electrons. The summed E-state index contributed by atoms with van der Waals surface area (Å²) in [5, 5.41) is 12.6. The zero-order valence-electron chi connectivity index (χ0n) is 11.9. The van der Waals surface area contributed by atoms with Crippen LogP contribution in [0.1, 0.15) is 11.9 Å². The molecule has 0 saturated heterocycles. The molecule has 2 rings (SSSR count). The van der Waals surface area contributed by atoms with Crippen LogP contribution in [-0.2, 0) is 6.54 Å². The van der Waals surface area contributed by atoms with E-state index in [1.54, 1.807) is 14.0 Å². The molecule has 1 unspecified atom stereocenters. The van der Waals surface area contributed by atoms with Gasteiger partial charge in [-0.25, -0.2) is 4.79 Å². The second kappa shape index (κ2) is 6.86. The van der Waals surface area contributed by atoms with Crippen LogP contribution in [-0.4, -0.2) is 34.2 Å². The van der Waals surface area contributed by atoms with Crippen LogP contribution in [0.5, 0.6) is 0 Å². The largest absolute Gasteiger partial charge is 0.331 e. The van der Waals surface area contributed by atoms with Crippen molar-refractivity contribution in [3.63, 3.8) is 0 Å². The number of carbonyl (C=O) groups excluding carboxylic acids is 1. The third kappa shape index (κ3) is 3.80. The van der Waals surface area contributed by atoms with Gasteiger partial charge in [0.1, 0.15) is 10.0 Å². The number of nitrogens with one attached hydrogen (secondary N) is 1. The molecule has 0 fully saturated rings. The van der Waals surface area contributed by atoms with Gasteiger partial charge in [0.05, 0.1) is 12.6 Å². The molecule has 0 aliphatic rings. The van der Waals surface area contributed by atoms with Crippen LogP contribution < -0.4 is 5.32 Å². The van der Waals surface area contributed by atoms with Crippen molar-refractivity contribution in [1.82, 2.24) is 20.4 Å². The number of aromatic nitrogens is 2. The van der Waals surface area contributed by atoms with Gasteiger partial charge in [0, 0.05) is 12.6 Å². The van der Waals surface area contributed by atoms with E-state index in [1.807, 2.05) is 30.3 Å². The molecule has 0 bridgehead atoms. The lowest BCUT2D eigenvalue weighted by Crippen LogP contribution is -2.41. The maximum atomic E-state index is 11.9. The molecule has 21 heavy (non-hydrogen) atoms. The summed E-state index contributed by atoms with van der Waals surface area (Å²) in [5.41, 5.74) is 1.02. The maximum Gasteiger partial charge on any atom is 0.318 e. The Bertz CT molecular complexity index is 647. The van der Waals surface area contributed by atoms with E-state index in [0.717, 1.165) is 15.6 Å². The first-order valence-electron chi connectivity index (χ1n) is 6.46. The van der Waals surface area contributed by atoms with Crippen LogP contribution >= 0.6 is 11.3 Å². The van der Waals surface area contributed by atoms with Crippen LogP contribution in [0.25, 0.3) is 10.6 Å². The number of hydrogen-bond donors (Lipinski definition) is 1. The third-order valence-electron chi connectivity index (χ3n) is 3.02. The summed E-state index contributed by atoms with van der Waals surface area (Å²) in [5.74, 6) is 2.51. The van der Waals surface area contributed by atoms with E-state index in [0.29, 0.717) is 6.54 Å². The zero-order chi connectivity index (χ0) is 15.2. The van der Waals surface area contributed by atoms with Crippen molar-refractivity contribution in [2.75, 3.05) is 7.05 Å². The fraction of sp³-hybridized carbons (Fsp3) is 0.267. The summed E-state index contributed by atoms with van der Waals surface area (Å²) in [6, 6.07) is 9.34. The van der Waals surface area contributed by atoms with Crippen molar-refractivity contribution < 1.29 is 4.79 Å². The molecule has 2 aromatic rings. The highest BCUT2D eigenvalue weighted by molar-refractivity contribution is 7.14. The quantitative estimate of drug-likeness (QED) is 0.882. The van der Waals surface area contributed by atoms with E-state index >= 15 is 0 Å². The molecule has 0 aliphatic carbocycles. The van der Waals surface area contributed by atoms with E-state index in [9.17, 15) is 4.79 Å². The second-order valence-electron chi connectivity index (χ2n) is 4.48. The maximum absolute atomic E-state index is 11.9. The van der Waals surface area contributed by atoms with Gasteiger partial charge in [-0.2, -0.15) is 0 Å². The lowest BCUT2D eigenvalue weighted by Gasteiger charge is -2.20. The topological polar surface area (TPSA) is 58.1 Å². The van der Waals surface area contributed by atoms with Crippen molar-refractivity contribution in [2.45, 2.75) is 19.5 Å². The Morgan fingerprint density at radius 3 is 2.81 bits per heavy atom. The first kappa shape index (κ1) is 15.0. The minimum atomic E-state index is -0.251. The molecule has 1 aromatic heterocycles. The van der Waals surface area contributed by atoms with E-state index in [4.69, 9.17) is 6.42 Å². The fourth-order valence-electron chi connectivity index (χ4n) is 1.59.